The van der Waals surface area contributed by atoms with Crippen LogP contribution in [0, 0.1) is 0 Å². The first-order valence-electron chi connectivity index (χ1n) is 4.44. The summed E-state index contributed by atoms with van der Waals surface area (Å²) in [6.07, 6.45) is 1.76. The minimum atomic E-state index is -1.43. The molecule has 3 heteroatoms. The summed E-state index contributed by atoms with van der Waals surface area (Å²) < 4.78 is 0. The van der Waals surface area contributed by atoms with Crippen molar-refractivity contribution < 1.29 is 9.90 Å². The Bertz CT molecular complexity index is 351. The molecule has 1 aromatic rings. The van der Waals surface area contributed by atoms with E-state index < -0.39 is 5.60 Å². The SMILES string of the molecule is CC=C(C)C(O)(C(C)=O)c1cccs1. The van der Waals surface area contributed by atoms with Crippen LogP contribution in [0.4, 0.5) is 0 Å². The molecule has 1 aromatic heterocycles. The van der Waals surface area contributed by atoms with Gasteiger partial charge in [-0.1, -0.05) is 12.1 Å². The average Bonchev–Trinajstić information content (AvgIpc) is 2.68. The highest BCUT2D eigenvalue weighted by atomic mass is 32.1. The second-order valence-corrected chi connectivity index (χ2v) is 4.16. The van der Waals surface area contributed by atoms with Crippen LogP contribution in [-0.2, 0) is 10.4 Å². The molecule has 0 aromatic carbocycles. The lowest BCUT2D eigenvalue weighted by Gasteiger charge is -2.24. The molecule has 0 bridgehead atoms. The molecule has 0 spiro atoms. The lowest BCUT2D eigenvalue weighted by atomic mass is 9.89. The molecule has 0 aliphatic carbocycles. The van der Waals surface area contributed by atoms with Gasteiger partial charge in [-0.3, -0.25) is 4.79 Å². The van der Waals surface area contributed by atoms with Gasteiger partial charge in [0.1, 0.15) is 0 Å². The zero-order valence-corrected chi connectivity index (χ0v) is 9.39. The van der Waals surface area contributed by atoms with E-state index in [1.54, 1.807) is 19.1 Å². The van der Waals surface area contributed by atoms with Gasteiger partial charge in [-0.25, -0.2) is 0 Å². The van der Waals surface area contributed by atoms with E-state index in [1.165, 1.54) is 18.3 Å². The van der Waals surface area contributed by atoms with E-state index in [0.717, 1.165) is 0 Å². The number of carbonyl (C=O) groups excluding carboxylic acids is 1. The molecule has 76 valence electrons. The first-order valence-corrected chi connectivity index (χ1v) is 5.32. The fourth-order valence-electron chi connectivity index (χ4n) is 1.34. The minimum Gasteiger partial charge on any atom is -0.373 e. The highest BCUT2D eigenvalue weighted by Gasteiger charge is 2.37. The number of thiophene rings is 1. The number of carbonyl (C=O) groups is 1. The fourth-order valence-corrected chi connectivity index (χ4v) is 2.27. The van der Waals surface area contributed by atoms with Crippen LogP contribution in [0.25, 0.3) is 0 Å². The minimum absolute atomic E-state index is 0.240. The Kier molecular flexibility index (Phi) is 3.24. The molecular formula is C11H14O2S. The van der Waals surface area contributed by atoms with Crippen molar-refractivity contribution in [3.05, 3.63) is 34.0 Å². The Morgan fingerprint density at radius 2 is 2.21 bits per heavy atom. The zero-order chi connectivity index (χ0) is 10.8. The summed E-state index contributed by atoms with van der Waals surface area (Å²) in [5.41, 5.74) is -0.754. The smallest absolute Gasteiger partial charge is 0.178 e. The zero-order valence-electron chi connectivity index (χ0n) is 8.57. The molecule has 0 fully saturated rings. The Morgan fingerprint density at radius 1 is 1.57 bits per heavy atom. The van der Waals surface area contributed by atoms with Gasteiger partial charge >= 0.3 is 0 Å². The predicted octanol–water partition coefficient (Wildman–Crippen LogP) is 2.49. The summed E-state index contributed by atoms with van der Waals surface area (Å²) in [4.78, 5) is 12.2. The van der Waals surface area contributed by atoms with E-state index in [4.69, 9.17) is 0 Å². The number of ketones is 1. The molecule has 0 saturated carbocycles. The number of hydrogen-bond donors (Lipinski definition) is 1. The van der Waals surface area contributed by atoms with Crippen molar-refractivity contribution in [1.82, 2.24) is 0 Å². The molecular weight excluding hydrogens is 196 g/mol. The Labute approximate surface area is 87.9 Å². The van der Waals surface area contributed by atoms with Crippen molar-refractivity contribution in [2.75, 3.05) is 0 Å². The molecule has 0 aliphatic heterocycles. The van der Waals surface area contributed by atoms with Crippen LogP contribution < -0.4 is 0 Å². The third-order valence-electron chi connectivity index (χ3n) is 2.39. The van der Waals surface area contributed by atoms with Crippen molar-refractivity contribution in [2.45, 2.75) is 26.4 Å². The third-order valence-corrected chi connectivity index (χ3v) is 3.37. The topological polar surface area (TPSA) is 37.3 Å². The van der Waals surface area contributed by atoms with Gasteiger partial charge in [0, 0.05) is 4.88 Å². The normalized spacial score (nSPS) is 16.4. The molecule has 0 saturated heterocycles. The van der Waals surface area contributed by atoms with Gasteiger partial charge in [-0.15, -0.1) is 11.3 Å². The summed E-state index contributed by atoms with van der Waals surface area (Å²) >= 11 is 1.39. The maximum Gasteiger partial charge on any atom is 0.178 e. The predicted molar refractivity (Wildman–Crippen MR) is 58.3 cm³/mol. The molecule has 0 radical (unpaired) electrons. The van der Waals surface area contributed by atoms with Crippen LogP contribution in [-0.4, -0.2) is 10.9 Å². The van der Waals surface area contributed by atoms with Crippen LogP contribution >= 0.6 is 11.3 Å². The molecule has 0 aliphatic rings. The van der Waals surface area contributed by atoms with Crippen LogP contribution in [0.5, 0.6) is 0 Å². The summed E-state index contributed by atoms with van der Waals surface area (Å²) in [6.45, 7) is 4.99. The third kappa shape index (κ3) is 1.65. The highest BCUT2D eigenvalue weighted by molar-refractivity contribution is 7.10. The number of hydrogen-bond acceptors (Lipinski definition) is 3. The lowest BCUT2D eigenvalue weighted by molar-refractivity contribution is -0.132. The molecule has 1 unspecified atom stereocenters. The first kappa shape index (κ1) is 11.1. The fraction of sp³-hybridized carbons (Fsp3) is 0.364. The maximum atomic E-state index is 11.5. The molecule has 1 rings (SSSR count). The van der Waals surface area contributed by atoms with Crippen molar-refractivity contribution in [3.8, 4) is 0 Å². The van der Waals surface area contributed by atoms with Crippen molar-refractivity contribution in [3.63, 3.8) is 0 Å². The molecule has 1 N–H and O–H groups in total. The van der Waals surface area contributed by atoms with Gasteiger partial charge in [0.2, 0.25) is 0 Å². The largest absolute Gasteiger partial charge is 0.373 e. The number of aliphatic hydroxyl groups is 1. The van der Waals surface area contributed by atoms with Crippen molar-refractivity contribution in [1.29, 1.82) is 0 Å². The number of Topliss-reactive ketones (excluding diaryl/α,β-unsaturated/α-hetero) is 1. The number of allylic oxidation sites excluding steroid dienone is 1. The summed E-state index contributed by atoms with van der Waals surface area (Å²) in [6, 6.07) is 3.61. The standard InChI is InChI=1S/C11H14O2S/c1-4-8(2)11(13,9(3)12)10-6-5-7-14-10/h4-7,13H,1-3H3. The van der Waals surface area contributed by atoms with Gasteiger partial charge in [0.05, 0.1) is 0 Å². The van der Waals surface area contributed by atoms with E-state index in [0.29, 0.717) is 10.5 Å². The van der Waals surface area contributed by atoms with E-state index in [1.807, 2.05) is 18.4 Å². The summed E-state index contributed by atoms with van der Waals surface area (Å²) in [5.74, 6) is -0.240. The summed E-state index contributed by atoms with van der Waals surface area (Å²) in [5, 5.41) is 12.2. The van der Waals surface area contributed by atoms with Crippen molar-refractivity contribution in [2.24, 2.45) is 0 Å². The van der Waals surface area contributed by atoms with Crippen LogP contribution in [0.15, 0.2) is 29.2 Å². The van der Waals surface area contributed by atoms with Crippen LogP contribution in [0.3, 0.4) is 0 Å². The van der Waals surface area contributed by atoms with Gasteiger partial charge in [0.15, 0.2) is 11.4 Å². The Morgan fingerprint density at radius 3 is 2.57 bits per heavy atom. The van der Waals surface area contributed by atoms with Crippen molar-refractivity contribution >= 4 is 17.1 Å². The van der Waals surface area contributed by atoms with Gasteiger partial charge < -0.3 is 5.11 Å². The van der Waals surface area contributed by atoms with Gasteiger partial charge in [-0.2, -0.15) is 0 Å². The van der Waals surface area contributed by atoms with E-state index in [2.05, 4.69) is 0 Å². The average molecular weight is 210 g/mol. The maximum absolute atomic E-state index is 11.5. The summed E-state index contributed by atoms with van der Waals surface area (Å²) in [7, 11) is 0. The molecule has 1 heterocycles. The monoisotopic (exact) mass is 210 g/mol. The molecule has 1 atom stereocenters. The quantitative estimate of drug-likeness (QED) is 0.778. The van der Waals surface area contributed by atoms with E-state index in [-0.39, 0.29) is 5.78 Å². The first-order chi connectivity index (χ1) is 6.53. The highest BCUT2D eigenvalue weighted by Crippen LogP contribution is 2.33. The van der Waals surface area contributed by atoms with Gasteiger partial charge in [0.25, 0.3) is 0 Å². The van der Waals surface area contributed by atoms with E-state index in [9.17, 15) is 9.90 Å². The van der Waals surface area contributed by atoms with Gasteiger partial charge in [-0.05, 0) is 37.8 Å². The van der Waals surface area contributed by atoms with Crippen LogP contribution in [0.1, 0.15) is 25.6 Å². The second kappa shape index (κ2) is 4.07. The Hall–Kier alpha value is -0.930. The van der Waals surface area contributed by atoms with E-state index >= 15 is 0 Å². The van der Waals surface area contributed by atoms with Crippen LogP contribution in [0.2, 0.25) is 0 Å². The molecule has 2 nitrogen and oxygen atoms in total. The number of rotatable bonds is 3. The second-order valence-electron chi connectivity index (χ2n) is 3.22. The molecule has 14 heavy (non-hydrogen) atoms. The lowest BCUT2D eigenvalue weighted by Crippen LogP contribution is -2.34. The Balaban J connectivity index is 3.26. The molecule has 0 amide bonds.